The molecule has 7 nitrogen and oxygen atoms in total. The number of piperidine rings is 1. The van der Waals surface area contributed by atoms with Gasteiger partial charge in [0.2, 0.25) is 5.75 Å². The Bertz CT molecular complexity index is 695. The summed E-state index contributed by atoms with van der Waals surface area (Å²) in [5, 5.41) is 0. The van der Waals surface area contributed by atoms with Crippen LogP contribution in [0.1, 0.15) is 38.7 Å². The number of nitrogens with zero attached hydrogens (tertiary/aromatic N) is 1. The molecule has 2 rings (SSSR count). The molecule has 1 saturated heterocycles. The Morgan fingerprint density at radius 3 is 2.11 bits per heavy atom. The van der Waals surface area contributed by atoms with Crippen LogP contribution in [0.3, 0.4) is 0 Å². The molecule has 1 aromatic carbocycles. The average molecular weight is 391 g/mol. The van der Waals surface area contributed by atoms with Crippen LogP contribution in [0.4, 0.5) is 0 Å². The summed E-state index contributed by atoms with van der Waals surface area (Å²) in [6.45, 7) is 3.80. The fourth-order valence-corrected chi connectivity index (χ4v) is 3.53. The highest BCUT2D eigenvalue weighted by Gasteiger charge is 2.29. The molecule has 0 radical (unpaired) electrons. The van der Waals surface area contributed by atoms with Crippen LogP contribution in [0.5, 0.6) is 17.2 Å². The van der Waals surface area contributed by atoms with E-state index in [0.717, 1.165) is 19.3 Å². The highest BCUT2D eigenvalue weighted by Crippen LogP contribution is 2.38. The fourth-order valence-electron chi connectivity index (χ4n) is 3.53. The molecule has 154 valence electrons. The SMILES string of the molecule is COc1cc(/C=C/C(=O)OCC(=O)N2C(C)CCCC2C)cc(OC)c1OC. The van der Waals surface area contributed by atoms with Crippen LogP contribution in [0.2, 0.25) is 0 Å². The van der Waals surface area contributed by atoms with Crippen molar-refractivity contribution in [2.24, 2.45) is 0 Å². The molecule has 1 aliphatic rings. The van der Waals surface area contributed by atoms with Crippen LogP contribution in [0.25, 0.3) is 6.08 Å². The van der Waals surface area contributed by atoms with Gasteiger partial charge in [-0.2, -0.15) is 0 Å². The van der Waals surface area contributed by atoms with Gasteiger partial charge in [0.25, 0.3) is 5.91 Å². The van der Waals surface area contributed by atoms with Crippen molar-refractivity contribution in [1.29, 1.82) is 0 Å². The third kappa shape index (κ3) is 5.18. The van der Waals surface area contributed by atoms with Crippen molar-refractivity contribution in [3.05, 3.63) is 23.8 Å². The van der Waals surface area contributed by atoms with Gasteiger partial charge in [-0.15, -0.1) is 0 Å². The zero-order valence-corrected chi connectivity index (χ0v) is 17.2. The van der Waals surface area contributed by atoms with E-state index in [2.05, 4.69) is 0 Å². The number of ether oxygens (including phenoxy) is 4. The minimum Gasteiger partial charge on any atom is -0.493 e. The van der Waals surface area contributed by atoms with Crippen molar-refractivity contribution in [3.63, 3.8) is 0 Å². The number of rotatable bonds is 7. The van der Waals surface area contributed by atoms with Gasteiger partial charge in [-0.25, -0.2) is 4.79 Å². The Balaban J connectivity index is 1.99. The standard InChI is InChI=1S/C21H29NO6/c1-14-7-6-8-15(2)22(14)19(23)13-28-20(24)10-9-16-11-17(25-3)21(27-5)18(12-16)26-4/h9-12,14-15H,6-8,13H2,1-5H3/b10-9+. The number of esters is 1. The van der Waals surface area contributed by atoms with Crippen LogP contribution in [0.15, 0.2) is 18.2 Å². The maximum Gasteiger partial charge on any atom is 0.331 e. The molecule has 1 aliphatic heterocycles. The molecular weight excluding hydrogens is 362 g/mol. The second kappa shape index (κ2) is 10.0. The monoisotopic (exact) mass is 391 g/mol. The number of hydrogen-bond donors (Lipinski definition) is 0. The van der Waals surface area contributed by atoms with Crippen molar-refractivity contribution < 1.29 is 28.5 Å². The number of amides is 1. The number of carbonyl (C=O) groups is 2. The van der Waals surface area contributed by atoms with E-state index in [1.54, 1.807) is 18.2 Å². The van der Waals surface area contributed by atoms with Gasteiger partial charge in [0, 0.05) is 18.2 Å². The van der Waals surface area contributed by atoms with E-state index >= 15 is 0 Å². The first kappa shape index (κ1) is 21.6. The van der Waals surface area contributed by atoms with Crippen molar-refractivity contribution >= 4 is 18.0 Å². The predicted molar refractivity (Wildman–Crippen MR) is 106 cm³/mol. The molecule has 28 heavy (non-hydrogen) atoms. The third-order valence-corrected chi connectivity index (χ3v) is 4.92. The van der Waals surface area contributed by atoms with Crippen LogP contribution >= 0.6 is 0 Å². The number of hydrogen-bond acceptors (Lipinski definition) is 6. The topological polar surface area (TPSA) is 74.3 Å². The molecule has 0 bridgehead atoms. The lowest BCUT2D eigenvalue weighted by Crippen LogP contribution is -2.49. The largest absolute Gasteiger partial charge is 0.493 e. The van der Waals surface area contributed by atoms with E-state index in [1.165, 1.54) is 27.4 Å². The maximum absolute atomic E-state index is 12.4. The van der Waals surface area contributed by atoms with Crippen LogP contribution in [-0.2, 0) is 14.3 Å². The number of likely N-dealkylation sites (tertiary alicyclic amines) is 1. The van der Waals surface area contributed by atoms with Gasteiger partial charge >= 0.3 is 5.97 Å². The molecule has 0 N–H and O–H groups in total. The number of carbonyl (C=O) groups excluding carboxylic acids is 2. The third-order valence-electron chi connectivity index (χ3n) is 4.92. The molecule has 1 aromatic rings. The van der Waals surface area contributed by atoms with Crippen LogP contribution in [-0.4, -0.2) is 56.8 Å². The quantitative estimate of drug-likeness (QED) is 0.525. The molecule has 1 amide bonds. The first-order valence-corrected chi connectivity index (χ1v) is 9.37. The lowest BCUT2D eigenvalue weighted by molar-refractivity contribution is -0.151. The van der Waals surface area contributed by atoms with E-state index < -0.39 is 5.97 Å². The lowest BCUT2D eigenvalue weighted by atomic mass is 9.97. The molecule has 0 spiro atoms. The van der Waals surface area contributed by atoms with E-state index in [9.17, 15) is 9.59 Å². The van der Waals surface area contributed by atoms with Gasteiger partial charge in [-0.05, 0) is 56.9 Å². The van der Waals surface area contributed by atoms with E-state index in [-0.39, 0.29) is 24.6 Å². The molecular formula is C21H29NO6. The summed E-state index contributed by atoms with van der Waals surface area (Å²) in [5.41, 5.74) is 0.677. The molecule has 2 atom stereocenters. The normalized spacial score (nSPS) is 19.4. The zero-order chi connectivity index (χ0) is 20.7. The number of methoxy groups -OCH3 is 3. The van der Waals surface area contributed by atoms with Crippen molar-refractivity contribution in [2.45, 2.75) is 45.2 Å². The van der Waals surface area contributed by atoms with Gasteiger partial charge in [0.05, 0.1) is 21.3 Å². The Kier molecular flexibility index (Phi) is 7.72. The van der Waals surface area contributed by atoms with Gasteiger partial charge in [0.15, 0.2) is 18.1 Å². The van der Waals surface area contributed by atoms with Crippen molar-refractivity contribution in [1.82, 2.24) is 4.90 Å². The molecule has 2 unspecified atom stereocenters. The van der Waals surface area contributed by atoms with Gasteiger partial charge in [-0.1, -0.05) is 0 Å². The summed E-state index contributed by atoms with van der Waals surface area (Å²) in [6.07, 6.45) is 5.92. The van der Waals surface area contributed by atoms with Crippen molar-refractivity contribution in [2.75, 3.05) is 27.9 Å². The second-order valence-corrected chi connectivity index (χ2v) is 6.83. The highest BCUT2D eigenvalue weighted by atomic mass is 16.5. The summed E-state index contributed by atoms with van der Waals surface area (Å²) in [5.74, 6) is 0.699. The Morgan fingerprint density at radius 1 is 1.04 bits per heavy atom. The average Bonchev–Trinajstić information content (AvgIpc) is 2.69. The Morgan fingerprint density at radius 2 is 1.61 bits per heavy atom. The van der Waals surface area contributed by atoms with Crippen LogP contribution in [0, 0.1) is 0 Å². The summed E-state index contributed by atoms with van der Waals surface area (Å²) in [7, 11) is 4.56. The first-order chi connectivity index (χ1) is 13.4. The second-order valence-electron chi connectivity index (χ2n) is 6.83. The molecule has 1 heterocycles. The first-order valence-electron chi connectivity index (χ1n) is 9.37. The molecule has 0 saturated carbocycles. The van der Waals surface area contributed by atoms with E-state index in [4.69, 9.17) is 18.9 Å². The lowest BCUT2D eigenvalue weighted by Gasteiger charge is -2.38. The summed E-state index contributed by atoms with van der Waals surface area (Å²) >= 11 is 0. The van der Waals surface area contributed by atoms with Crippen LogP contribution < -0.4 is 14.2 Å². The predicted octanol–water partition coefficient (Wildman–Crippen LogP) is 3.06. The summed E-state index contributed by atoms with van der Waals surface area (Å²) in [6, 6.07) is 3.77. The maximum atomic E-state index is 12.4. The summed E-state index contributed by atoms with van der Waals surface area (Å²) in [4.78, 5) is 26.3. The van der Waals surface area contributed by atoms with Gasteiger partial charge in [-0.3, -0.25) is 4.79 Å². The zero-order valence-electron chi connectivity index (χ0n) is 17.2. The van der Waals surface area contributed by atoms with Gasteiger partial charge < -0.3 is 23.8 Å². The molecule has 0 aliphatic carbocycles. The highest BCUT2D eigenvalue weighted by molar-refractivity contribution is 5.89. The molecule has 7 heteroatoms. The van der Waals surface area contributed by atoms with E-state index in [1.807, 2.05) is 18.7 Å². The van der Waals surface area contributed by atoms with Crippen molar-refractivity contribution in [3.8, 4) is 17.2 Å². The van der Waals surface area contributed by atoms with E-state index in [0.29, 0.717) is 22.8 Å². The molecule has 1 fully saturated rings. The minimum absolute atomic E-state index is 0.158. The summed E-state index contributed by atoms with van der Waals surface area (Å²) < 4.78 is 21.0. The van der Waals surface area contributed by atoms with Gasteiger partial charge in [0.1, 0.15) is 0 Å². The Hall–Kier alpha value is -2.70. The number of benzene rings is 1. The smallest absolute Gasteiger partial charge is 0.331 e. The molecule has 0 aromatic heterocycles. The Labute approximate surface area is 166 Å². The minimum atomic E-state index is -0.584. The fraction of sp³-hybridized carbons (Fsp3) is 0.524.